The number of carbonyl (C=O) groups is 1. The van der Waals surface area contributed by atoms with Gasteiger partial charge in [0.1, 0.15) is 0 Å². The van der Waals surface area contributed by atoms with E-state index in [1.807, 2.05) is 0 Å². The lowest BCUT2D eigenvalue weighted by Gasteiger charge is -2.14. The van der Waals surface area contributed by atoms with Crippen molar-refractivity contribution in [3.63, 3.8) is 0 Å². The first-order chi connectivity index (χ1) is 10.1. The molecule has 0 bridgehead atoms. The van der Waals surface area contributed by atoms with Gasteiger partial charge in [0, 0.05) is 12.0 Å². The number of unbranched alkanes of at least 4 members (excludes halogenated alkanes) is 2. The zero-order valence-electron chi connectivity index (χ0n) is 13.2. The predicted molar refractivity (Wildman–Crippen MR) is 83.7 cm³/mol. The lowest BCUT2D eigenvalue weighted by Crippen LogP contribution is -2.34. The lowest BCUT2D eigenvalue weighted by molar-refractivity contribution is 0.140. The normalized spacial score (nSPS) is 23.7. The quantitative estimate of drug-likeness (QED) is 0.498. The Hall–Kier alpha value is -0.670. The Morgan fingerprint density at radius 1 is 1.33 bits per heavy atom. The van der Waals surface area contributed by atoms with Crippen LogP contribution in [0.5, 0.6) is 0 Å². The molecule has 6 heteroatoms. The Morgan fingerprint density at radius 3 is 2.67 bits per heavy atom. The van der Waals surface area contributed by atoms with Crippen molar-refractivity contribution in [2.24, 2.45) is 5.92 Å². The van der Waals surface area contributed by atoms with E-state index in [0.717, 1.165) is 51.4 Å². The molecule has 1 aliphatic carbocycles. The van der Waals surface area contributed by atoms with E-state index in [1.54, 1.807) is 0 Å². The second kappa shape index (κ2) is 10.1. The van der Waals surface area contributed by atoms with Gasteiger partial charge in [-0.1, -0.05) is 26.7 Å². The minimum absolute atomic E-state index is 0.0863. The molecule has 0 aromatic heterocycles. The summed E-state index contributed by atoms with van der Waals surface area (Å²) in [5.41, 5.74) is -0.122. The molecular formula is C15H29NO4P+. The van der Waals surface area contributed by atoms with Gasteiger partial charge in [-0.2, -0.15) is 4.89 Å². The number of hydrogen-bond donors (Lipinski definition) is 2. The highest BCUT2D eigenvalue weighted by atomic mass is 31.1. The fourth-order valence-electron chi connectivity index (χ4n) is 2.95. The second-order valence-electron chi connectivity index (χ2n) is 5.92. The maximum atomic E-state index is 11.6. The van der Waals surface area contributed by atoms with E-state index in [1.165, 1.54) is 0 Å². The molecule has 0 aliphatic heterocycles. The van der Waals surface area contributed by atoms with Gasteiger partial charge in [0.15, 0.2) is 5.66 Å². The zero-order valence-corrected chi connectivity index (χ0v) is 14.1. The molecule has 2 N–H and O–H groups in total. The molecule has 21 heavy (non-hydrogen) atoms. The van der Waals surface area contributed by atoms with Gasteiger partial charge in [0.2, 0.25) is 0 Å². The molecule has 1 fully saturated rings. The largest absolute Gasteiger partial charge is 0.508 e. The van der Waals surface area contributed by atoms with Crippen LogP contribution >= 0.6 is 8.03 Å². The third-order valence-corrected chi connectivity index (χ3v) is 5.45. The summed E-state index contributed by atoms with van der Waals surface area (Å²) < 4.78 is 16.6. The van der Waals surface area contributed by atoms with Crippen molar-refractivity contribution in [1.82, 2.24) is 5.32 Å². The van der Waals surface area contributed by atoms with Crippen LogP contribution in [0.3, 0.4) is 0 Å². The molecule has 4 unspecified atom stereocenters. The third kappa shape index (κ3) is 6.75. The van der Waals surface area contributed by atoms with Crippen molar-refractivity contribution < 1.29 is 19.0 Å². The van der Waals surface area contributed by atoms with E-state index in [9.17, 15) is 14.3 Å². The molecule has 1 saturated carbocycles. The van der Waals surface area contributed by atoms with Crippen LogP contribution in [-0.2, 0) is 9.30 Å². The summed E-state index contributed by atoms with van der Waals surface area (Å²) in [6, 6.07) is 0.0863. The number of alkyl carbamates (subject to hydrolysis) is 1. The van der Waals surface area contributed by atoms with Crippen LogP contribution in [0.2, 0.25) is 0 Å². The summed E-state index contributed by atoms with van der Waals surface area (Å²) in [5.74, 6) is 0.242. The predicted octanol–water partition coefficient (Wildman–Crippen LogP) is 3.97. The highest BCUT2D eigenvalue weighted by Gasteiger charge is 2.41. The highest BCUT2D eigenvalue weighted by Crippen LogP contribution is 2.41. The van der Waals surface area contributed by atoms with Gasteiger partial charge in [-0.25, -0.2) is 4.79 Å². The van der Waals surface area contributed by atoms with Crippen molar-refractivity contribution in [3.8, 4) is 0 Å². The molecular weight excluding hydrogens is 289 g/mol. The molecule has 0 aromatic rings. The Balaban J connectivity index is 2.36. The molecule has 0 heterocycles. The van der Waals surface area contributed by atoms with Crippen LogP contribution in [0.25, 0.3) is 0 Å². The van der Waals surface area contributed by atoms with Crippen molar-refractivity contribution in [2.75, 3.05) is 6.61 Å². The fourth-order valence-corrected chi connectivity index (χ4v) is 3.99. The van der Waals surface area contributed by atoms with Gasteiger partial charge in [-0.15, -0.1) is 0 Å². The van der Waals surface area contributed by atoms with Crippen molar-refractivity contribution in [2.45, 2.75) is 76.9 Å². The fraction of sp³-hybridized carbons (Fsp3) is 0.933. The molecule has 0 spiro atoms. The summed E-state index contributed by atoms with van der Waals surface area (Å²) in [4.78, 5) is 21.1. The van der Waals surface area contributed by atoms with Crippen LogP contribution in [0.15, 0.2) is 0 Å². The van der Waals surface area contributed by atoms with Crippen LogP contribution in [0, 0.1) is 5.92 Å². The van der Waals surface area contributed by atoms with Crippen molar-refractivity contribution >= 4 is 14.1 Å². The molecule has 1 rings (SSSR count). The smallest absolute Gasteiger partial charge is 0.450 e. The standard InChI is InChI=1S/C15H28NO4P/c1-3-5-7-14(21(18)19)12-8-9-13(11-12)16-15(17)20-10-6-4-2/h12-14H,3-11H2,1-2H3,(H-,16,17,18,19)/p+1. The van der Waals surface area contributed by atoms with Crippen LogP contribution in [-0.4, -0.2) is 29.3 Å². The number of rotatable bonds is 9. The number of amides is 1. The number of carbonyl (C=O) groups excluding carboxylic acids is 1. The zero-order chi connectivity index (χ0) is 15.7. The molecule has 5 nitrogen and oxygen atoms in total. The van der Waals surface area contributed by atoms with Gasteiger partial charge >= 0.3 is 14.1 Å². The van der Waals surface area contributed by atoms with E-state index in [2.05, 4.69) is 19.2 Å². The van der Waals surface area contributed by atoms with Gasteiger partial charge < -0.3 is 10.1 Å². The highest BCUT2D eigenvalue weighted by molar-refractivity contribution is 7.38. The Kier molecular flexibility index (Phi) is 8.86. The second-order valence-corrected chi connectivity index (χ2v) is 7.18. The summed E-state index contributed by atoms with van der Waals surface area (Å²) in [6.45, 7) is 4.60. The summed E-state index contributed by atoms with van der Waals surface area (Å²) >= 11 is 0. The minimum atomic E-state index is -2.13. The first-order valence-corrected chi connectivity index (χ1v) is 9.45. The molecule has 4 atom stereocenters. The van der Waals surface area contributed by atoms with Gasteiger partial charge in [0.25, 0.3) is 0 Å². The molecule has 0 saturated heterocycles. The topological polar surface area (TPSA) is 75.6 Å². The summed E-state index contributed by atoms with van der Waals surface area (Å²) in [5, 5.41) is 2.88. The van der Waals surface area contributed by atoms with E-state index < -0.39 is 8.03 Å². The first kappa shape index (κ1) is 18.4. The van der Waals surface area contributed by atoms with E-state index in [0.29, 0.717) is 6.61 Å². The molecule has 0 aromatic carbocycles. The third-order valence-electron chi connectivity index (χ3n) is 4.21. The van der Waals surface area contributed by atoms with E-state index >= 15 is 0 Å². The maximum Gasteiger partial charge on any atom is 0.508 e. The van der Waals surface area contributed by atoms with Crippen molar-refractivity contribution in [1.29, 1.82) is 0 Å². The monoisotopic (exact) mass is 318 g/mol. The van der Waals surface area contributed by atoms with Gasteiger partial charge in [-0.05, 0) is 43.1 Å². The Bertz CT molecular complexity index is 338. The number of hydrogen-bond acceptors (Lipinski definition) is 3. The van der Waals surface area contributed by atoms with Gasteiger partial charge in [-0.3, -0.25) is 0 Å². The minimum Gasteiger partial charge on any atom is -0.450 e. The van der Waals surface area contributed by atoms with Crippen LogP contribution in [0.4, 0.5) is 4.79 Å². The summed E-state index contributed by atoms with van der Waals surface area (Å²) in [7, 11) is -2.13. The Morgan fingerprint density at radius 2 is 2.05 bits per heavy atom. The molecule has 1 amide bonds. The number of nitrogens with one attached hydrogen (secondary N) is 1. The van der Waals surface area contributed by atoms with E-state index in [-0.39, 0.29) is 23.7 Å². The van der Waals surface area contributed by atoms with Gasteiger partial charge in [0.05, 0.1) is 6.61 Å². The average molecular weight is 318 g/mol. The van der Waals surface area contributed by atoms with Crippen LogP contribution < -0.4 is 5.32 Å². The van der Waals surface area contributed by atoms with Crippen LogP contribution in [0.1, 0.15) is 65.2 Å². The first-order valence-electron chi connectivity index (χ1n) is 8.17. The maximum absolute atomic E-state index is 11.6. The molecule has 1 aliphatic rings. The number of ether oxygens (including phenoxy) is 1. The van der Waals surface area contributed by atoms with Crippen molar-refractivity contribution in [3.05, 3.63) is 0 Å². The lowest BCUT2D eigenvalue weighted by atomic mass is 9.99. The molecule has 0 radical (unpaired) electrons. The van der Waals surface area contributed by atoms with E-state index in [4.69, 9.17) is 4.74 Å². The summed E-state index contributed by atoms with van der Waals surface area (Å²) in [6.07, 6.45) is 6.94. The Labute approximate surface area is 128 Å². The average Bonchev–Trinajstić information content (AvgIpc) is 2.87. The SMILES string of the molecule is CCCCOC(=O)NC1CCC(C(CCCC)[P+](=O)O)C1. The molecule has 122 valence electrons.